The highest BCUT2D eigenvalue weighted by molar-refractivity contribution is 5.87. The lowest BCUT2D eigenvalue weighted by atomic mass is 9.81. The van der Waals surface area contributed by atoms with Gasteiger partial charge in [0.2, 0.25) is 5.91 Å². The average molecular weight is 485 g/mol. The first-order valence-corrected chi connectivity index (χ1v) is 13.0. The van der Waals surface area contributed by atoms with Gasteiger partial charge in [-0.2, -0.15) is 0 Å². The van der Waals surface area contributed by atoms with E-state index in [1.54, 1.807) is 18.0 Å². The number of aryl methyl sites for hydroxylation is 1. The molecular formula is C29H32N4O3. The summed E-state index contributed by atoms with van der Waals surface area (Å²) in [6.45, 7) is 0.662. The molecule has 2 aromatic carbocycles. The number of para-hydroxylation sites is 1. The van der Waals surface area contributed by atoms with E-state index in [1.807, 2.05) is 30.3 Å². The first kappa shape index (κ1) is 22.8. The number of amides is 1. The van der Waals surface area contributed by atoms with Gasteiger partial charge in [0.15, 0.2) is 0 Å². The van der Waals surface area contributed by atoms with E-state index in [0.29, 0.717) is 17.8 Å². The van der Waals surface area contributed by atoms with E-state index in [2.05, 4.69) is 27.4 Å². The fourth-order valence-corrected chi connectivity index (χ4v) is 6.12. The summed E-state index contributed by atoms with van der Waals surface area (Å²) < 4.78 is 7.16. The van der Waals surface area contributed by atoms with Crippen LogP contribution >= 0.6 is 0 Å². The minimum Gasteiger partial charge on any atom is -0.497 e. The Hall–Kier alpha value is -3.61. The van der Waals surface area contributed by atoms with Crippen molar-refractivity contribution in [2.45, 2.75) is 57.5 Å². The van der Waals surface area contributed by atoms with Crippen LogP contribution in [0.5, 0.6) is 5.75 Å². The smallest absolute Gasteiger partial charge is 0.261 e. The molecule has 6 rings (SSSR count). The number of benzene rings is 2. The van der Waals surface area contributed by atoms with Crippen molar-refractivity contribution in [1.82, 2.24) is 19.9 Å². The predicted octanol–water partition coefficient (Wildman–Crippen LogP) is 4.89. The summed E-state index contributed by atoms with van der Waals surface area (Å²) in [5.41, 5.74) is 4.30. The molecule has 1 amide bonds. The van der Waals surface area contributed by atoms with E-state index in [1.165, 1.54) is 10.9 Å². The molecule has 186 valence electrons. The zero-order valence-electron chi connectivity index (χ0n) is 20.6. The molecule has 0 bridgehead atoms. The minimum absolute atomic E-state index is 0.0181. The SMILES string of the molecule is COc1ccc2[nH]c3c(c2c1)CCCC3NC(=O)C1CCC(Cn2cnc3ccccc3c2=O)CC1. The Labute approximate surface area is 209 Å². The second-order valence-electron chi connectivity index (χ2n) is 10.3. The van der Waals surface area contributed by atoms with Crippen LogP contribution < -0.4 is 15.6 Å². The van der Waals surface area contributed by atoms with Gasteiger partial charge >= 0.3 is 0 Å². The van der Waals surface area contributed by atoms with Crippen molar-refractivity contribution in [1.29, 1.82) is 0 Å². The highest BCUT2D eigenvalue weighted by Gasteiger charge is 2.31. The Bertz CT molecular complexity index is 1480. The van der Waals surface area contributed by atoms with Crippen LogP contribution in [0.3, 0.4) is 0 Å². The molecule has 7 nitrogen and oxygen atoms in total. The number of aromatic amines is 1. The normalized spacial score (nSPS) is 21.9. The van der Waals surface area contributed by atoms with Crippen LogP contribution in [0, 0.1) is 11.8 Å². The number of carbonyl (C=O) groups excluding carboxylic acids is 1. The van der Waals surface area contributed by atoms with Crippen LogP contribution in [0.25, 0.3) is 21.8 Å². The van der Waals surface area contributed by atoms with Crippen LogP contribution in [0.15, 0.2) is 53.6 Å². The van der Waals surface area contributed by atoms with Crippen LogP contribution in [0.2, 0.25) is 0 Å². The quantitative estimate of drug-likeness (QED) is 0.422. The average Bonchev–Trinajstić information content (AvgIpc) is 3.30. The predicted molar refractivity (Wildman–Crippen MR) is 140 cm³/mol. The maximum absolute atomic E-state index is 13.2. The molecule has 1 saturated carbocycles. The van der Waals surface area contributed by atoms with Gasteiger partial charge in [0.25, 0.3) is 5.56 Å². The van der Waals surface area contributed by atoms with Crippen LogP contribution in [0.4, 0.5) is 0 Å². The van der Waals surface area contributed by atoms with E-state index >= 15 is 0 Å². The van der Waals surface area contributed by atoms with Gasteiger partial charge < -0.3 is 15.0 Å². The third-order valence-electron chi connectivity index (χ3n) is 8.13. The molecule has 1 atom stereocenters. The first-order valence-electron chi connectivity index (χ1n) is 13.0. The van der Waals surface area contributed by atoms with Crippen molar-refractivity contribution in [2.75, 3.05) is 7.11 Å². The number of rotatable bonds is 5. The van der Waals surface area contributed by atoms with Gasteiger partial charge in [0.1, 0.15) is 5.75 Å². The van der Waals surface area contributed by atoms with E-state index < -0.39 is 0 Å². The molecule has 4 aromatic rings. The Balaban J connectivity index is 1.10. The zero-order chi connectivity index (χ0) is 24.6. The summed E-state index contributed by atoms with van der Waals surface area (Å²) in [7, 11) is 1.69. The van der Waals surface area contributed by atoms with Gasteiger partial charge in [-0.3, -0.25) is 14.2 Å². The maximum Gasteiger partial charge on any atom is 0.261 e. The van der Waals surface area contributed by atoms with Crippen molar-refractivity contribution < 1.29 is 9.53 Å². The van der Waals surface area contributed by atoms with Crippen molar-refractivity contribution in [3.63, 3.8) is 0 Å². The Kier molecular flexibility index (Phi) is 5.99. The minimum atomic E-state index is 0.0181. The summed E-state index contributed by atoms with van der Waals surface area (Å²) in [6, 6.07) is 13.6. The summed E-state index contributed by atoms with van der Waals surface area (Å²) in [6.07, 6.45) is 8.30. The molecule has 2 N–H and O–H groups in total. The van der Waals surface area contributed by atoms with Gasteiger partial charge in [-0.1, -0.05) is 12.1 Å². The second-order valence-corrected chi connectivity index (χ2v) is 10.3. The second kappa shape index (κ2) is 9.45. The summed E-state index contributed by atoms with van der Waals surface area (Å²) in [5.74, 6) is 1.43. The highest BCUT2D eigenvalue weighted by atomic mass is 16.5. The fourth-order valence-electron chi connectivity index (χ4n) is 6.12. The standard InChI is InChI=1S/C29H32N4O3/c1-36-20-13-14-25-23(15-20)21-6-4-8-26(27(21)31-25)32-28(34)19-11-9-18(10-12-19)16-33-17-30-24-7-3-2-5-22(24)29(33)35/h2-3,5,7,13-15,17-19,26,31H,4,6,8-12,16H2,1H3,(H,32,34). The molecule has 0 saturated heterocycles. The van der Waals surface area contributed by atoms with Gasteiger partial charge in [-0.05, 0) is 86.8 Å². The molecule has 1 fully saturated rings. The lowest BCUT2D eigenvalue weighted by Gasteiger charge is -2.30. The number of hydrogen-bond donors (Lipinski definition) is 2. The Morgan fingerprint density at radius 3 is 2.78 bits per heavy atom. The Morgan fingerprint density at radius 2 is 1.94 bits per heavy atom. The molecule has 2 aromatic heterocycles. The van der Waals surface area contributed by atoms with Crippen molar-refractivity contribution in [2.24, 2.45) is 11.8 Å². The Morgan fingerprint density at radius 1 is 1.11 bits per heavy atom. The lowest BCUT2D eigenvalue weighted by molar-refractivity contribution is -0.127. The van der Waals surface area contributed by atoms with E-state index in [4.69, 9.17) is 4.74 Å². The van der Waals surface area contributed by atoms with E-state index in [9.17, 15) is 9.59 Å². The lowest BCUT2D eigenvalue weighted by Crippen LogP contribution is -2.37. The summed E-state index contributed by atoms with van der Waals surface area (Å²) in [5, 5.41) is 5.22. The fraction of sp³-hybridized carbons (Fsp3) is 0.414. The van der Waals surface area contributed by atoms with Crippen molar-refractivity contribution in [3.8, 4) is 5.75 Å². The third kappa shape index (κ3) is 4.16. The molecule has 0 spiro atoms. The molecule has 2 aliphatic rings. The maximum atomic E-state index is 13.2. The van der Waals surface area contributed by atoms with Gasteiger partial charge in [0.05, 0.1) is 30.4 Å². The molecule has 0 aliphatic heterocycles. The number of H-pyrrole nitrogens is 1. The monoisotopic (exact) mass is 484 g/mol. The summed E-state index contributed by atoms with van der Waals surface area (Å²) >= 11 is 0. The molecule has 7 heteroatoms. The third-order valence-corrected chi connectivity index (χ3v) is 8.13. The van der Waals surface area contributed by atoms with E-state index in [-0.39, 0.29) is 23.4 Å². The van der Waals surface area contributed by atoms with Gasteiger partial charge in [-0.15, -0.1) is 0 Å². The topological polar surface area (TPSA) is 89.0 Å². The number of nitrogens with zero attached hydrogens (tertiary/aromatic N) is 2. The summed E-state index contributed by atoms with van der Waals surface area (Å²) in [4.78, 5) is 34.1. The van der Waals surface area contributed by atoms with Crippen molar-refractivity contribution >= 4 is 27.7 Å². The van der Waals surface area contributed by atoms with Crippen LogP contribution in [-0.2, 0) is 17.8 Å². The number of nitrogens with one attached hydrogen (secondary N) is 2. The van der Waals surface area contributed by atoms with Crippen LogP contribution in [0.1, 0.15) is 55.8 Å². The van der Waals surface area contributed by atoms with Crippen molar-refractivity contribution in [3.05, 3.63) is 70.4 Å². The molecule has 2 heterocycles. The molecule has 36 heavy (non-hydrogen) atoms. The number of aromatic nitrogens is 3. The molecule has 2 aliphatic carbocycles. The number of methoxy groups -OCH3 is 1. The van der Waals surface area contributed by atoms with E-state index in [0.717, 1.165) is 67.4 Å². The molecule has 0 radical (unpaired) electrons. The largest absolute Gasteiger partial charge is 0.497 e. The number of hydrogen-bond acceptors (Lipinski definition) is 4. The number of fused-ring (bicyclic) bond motifs is 4. The van der Waals surface area contributed by atoms with Gasteiger partial charge in [-0.25, -0.2) is 4.98 Å². The number of ether oxygens (including phenoxy) is 1. The van der Waals surface area contributed by atoms with Gasteiger partial charge in [0, 0.05) is 29.1 Å². The molecule has 1 unspecified atom stereocenters. The molecular weight excluding hydrogens is 452 g/mol. The first-order chi connectivity index (χ1) is 17.6. The number of carbonyl (C=O) groups is 1. The van der Waals surface area contributed by atoms with Crippen LogP contribution in [-0.4, -0.2) is 27.6 Å². The highest BCUT2D eigenvalue weighted by Crippen LogP contribution is 2.37. The zero-order valence-corrected chi connectivity index (χ0v) is 20.6.